The van der Waals surface area contributed by atoms with E-state index >= 15 is 0 Å². The van der Waals surface area contributed by atoms with E-state index in [1.807, 2.05) is 24.4 Å². The average molecular weight is 247 g/mol. The van der Waals surface area contributed by atoms with Gasteiger partial charge in [0.2, 0.25) is 0 Å². The molecule has 0 spiro atoms. The minimum absolute atomic E-state index is 0.685. The molecule has 1 heterocycles. The lowest BCUT2D eigenvalue weighted by Gasteiger charge is -2.08. The topological polar surface area (TPSA) is 24.9 Å². The van der Waals surface area contributed by atoms with E-state index in [-0.39, 0.29) is 0 Å². The van der Waals surface area contributed by atoms with Gasteiger partial charge in [0.25, 0.3) is 0 Å². The third-order valence-corrected chi connectivity index (χ3v) is 3.79. The molecular formula is C14H15ClN2. The van der Waals surface area contributed by atoms with Gasteiger partial charge in [0.1, 0.15) is 0 Å². The normalized spacial score (nSPS) is 22.9. The molecule has 17 heavy (non-hydrogen) atoms. The second-order valence-electron chi connectivity index (χ2n) is 4.81. The number of benzene rings is 1. The maximum atomic E-state index is 6.17. The van der Waals surface area contributed by atoms with Gasteiger partial charge in [-0.15, -0.1) is 0 Å². The Hall–Kier alpha value is -1.12. The number of hydrogen-bond acceptors (Lipinski definition) is 2. The highest BCUT2D eigenvalue weighted by Crippen LogP contribution is 2.30. The van der Waals surface area contributed by atoms with E-state index in [1.165, 1.54) is 12.0 Å². The van der Waals surface area contributed by atoms with E-state index in [1.54, 1.807) is 0 Å². The van der Waals surface area contributed by atoms with Crippen molar-refractivity contribution in [1.82, 2.24) is 10.3 Å². The van der Waals surface area contributed by atoms with E-state index < -0.39 is 0 Å². The molecule has 1 aliphatic carbocycles. The third kappa shape index (κ3) is 2.15. The van der Waals surface area contributed by atoms with E-state index in [4.69, 9.17) is 11.6 Å². The monoisotopic (exact) mass is 246 g/mol. The van der Waals surface area contributed by atoms with Crippen molar-refractivity contribution in [1.29, 1.82) is 0 Å². The highest BCUT2D eigenvalue weighted by atomic mass is 35.5. The summed E-state index contributed by atoms with van der Waals surface area (Å²) in [5.41, 5.74) is 2.24. The fourth-order valence-corrected chi connectivity index (χ4v) is 2.40. The van der Waals surface area contributed by atoms with Crippen LogP contribution in [0, 0.1) is 5.92 Å². The minimum atomic E-state index is 0.685. The van der Waals surface area contributed by atoms with Gasteiger partial charge in [-0.05, 0) is 36.1 Å². The molecule has 1 aromatic heterocycles. The van der Waals surface area contributed by atoms with Crippen molar-refractivity contribution < 1.29 is 0 Å². The molecule has 3 rings (SSSR count). The number of nitrogens with one attached hydrogen (secondary N) is 1. The summed E-state index contributed by atoms with van der Waals surface area (Å²) in [4.78, 5) is 4.43. The average Bonchev–Trinajstić information content (AvgIpc) is 3.05. The number of nitrogens with zero attached hydrogens (tertiary/aromatic N) is 1. The first kappa shape index (κ1) is 11.0. The van der Waals surface area contributed by atoms with Crippen LogP contribution in [0.5, 0.6) is 0 Å². The Kier molecular flexibility index (Phi) is 2.77. The van der Waals surface area contributed by atoms with Crippen LogP contribution in [0.2, 0.25) is 5.02 Å². The number of fused-ring (bicyclic) bond motifs is 1. The van der Waals surface area contributed by atoms with Crippen molar-refractivity contribution in [2.75, 3.05) is 0 Å². The predicted molar refractivity (Wildman–Crippen MR) is 71.2 cm³/mol. The summed E-state index contributed by atoms with van der Waals surface area (Å²) in [5.74, 6) is 0.821. The second-order valence-corrected chi connectivity index (χ2v) is 5.21. The molecule has 2 aromatic rings. The smallest absolute Gasteiger partial charge is 0.0761 e. The molecule has 1 N–H and O–H groups in total. The Morgan fingerprint density at radius 3 is 3.00 bits per heavy atom. The summed E-state index contributed by atoms with van der Waals surface area (Å²) in [6, 6.07) is 8.66. The Bertz CT molecular complexity index is 553. The molecule has 3 heteroatoms. The molecule has 88 valence electrons. The first-order chi connectivity index (χ1) is 8.25. The van der Waals surface area contributed by atoms with Gasteiger partial charge in [-0.25, -0.2) is 0 Å². The zero-order valence-electron chi connectivity index (χ0n) is 9.78. The standard InChI is InChI=1S/C14H15ClN2/c1-9-7-13(9)17-8-10-4-5-12(15)11-3-2-6-16-14(10)11/h2-6,9,13,17H,7-8H2,1H3. The molecule has 2 atom stereocenters. The van der Waals surface area contributed by atoms with Crippen LogP contribution in [0.1, 0.15) is 18.9 Å². The third-order valence-electron chi connectivity index (χ3n) is 3.46. The van der Waals surface area contributed by atoms with Crippen molar-refractivity contribution in [2.45, 2.75) is 25.9 Å². The molecule has 0 radical (unpaired) electrons. The highest BCUT2D eigenvalue weighted by molar-refractivity contribution is 6.35. The number of hydrogen-bond donors (Lipinski definition) is 1. The van der Waals surface area contributed by atoms with Crippen molar-refractivity contribution in [2.24, 2.45) is 5.92 Å². The summed E-state index contributed by atoms with van der Waals surface area (Å²) >= 11 is 6.17. The van der Waals surface area contributed by atoms with Crippen LogP contribution >= 0.6 is 11.6 Å². The van der Waals surface area contributed by atoms with Gasteiger partial charge >= 0.3 is 0 Å². The SMILES string of the molecule is CC1CC1NCc1ccc(Cl)c2cccnc12. The van der Waals surface area contributed by atoms with Crippen LogP contribution in [0.25, 0.3) is 10.9 Å². The molecule has 1 aliphatic rings. The minimum Gasteiger partial charge on any atom is -0.310 e. The summed E-state index contributed by atoms with van der Waals surface area (Å²) in [7, 11) is 0. The number of halogens is 1. The molecule has 1 aromatic carbocycles. The molecule has 0 saturated heterocycles. The van der Waals surface area contributed by atoms with Crippen LogP contribution in [-0.2, 0) is 6.54 Å². The first-order valence-corrected chi connectivity index (χ1v) is 6.39. The van der Waals surface area contributed by atoms with E-state index in [0.717, 1.165) is 28.4 Å². The van der Waals surface area contributed by atoms with Crippen LogP contribution < -0.4 is 5.32 Å². The summed E-state index contributed by atoms with van der Waals surface area (Å²) < 4.78 is 0. The van der Waals surface area contributed by atoms with Gasteiger partial charge in [0.05, 0.1) is 5.52 Å². The largest absolute Gasteiger partial charge is 0.310 e. The molecule has 1 fully saturated rings. The molecule has 2 nitrogen and oxygen atoms in total. The summed E-state index contributed by atoms with van der Waals surface area (Å²) in [5, 5.41) is 5.37. The highest BCUT2D eigenvalue weighted by Gasteiger charge is 2.31. The molecular weight excluding hydrogens is 232 g/mol. The summed E-state index contributed by atoms with van der Waals surface area (Å²) in [6.45, 7) is 3.15. The second kappa shape index (κ2) is 4.28. The Morgan fingerprint density at radius 1 is 1.41 bits per heavy atom. The fraction of sp³-hybridized carbons (Fsp3) is 0.357. The number of rotatable bonds is 3. The molecule has 0 bridgehead atoms. The van der Waals surface area contributed by atoms with E-state index in [9.17, 15) is 0 Å². The quantitative estimate of drug-likeness (QED) is 0.898. The Morgan fingerprint density at radius 2 is 2.24 bits per heavy atom. The number of pyridine rings is 1. The van der Waals surface area contributed by atoms with Gasteiger partial charge < -0.3 is 5.32 Å². The zero-order valence-corrected chi connectivity index (χ0v) is 10.5. The Balaban J connectivity index is 1.90. The first-order valence-electron chi connectivity index (χ1n) is 6.01. The maximum Gasteiger partial charge on any atom is 0.0761 e. The predicted octanol–water partition coefficient (Wildman–Crippen LogP) is 3.39. The molecule has 1 saturated carbocycles. The fourth-order valence-electron chi connectivity index (χ4n) is 2.19. The van der Waals surface area contributed by atoms with Gasteiger partial charge in [-0.1, -0.05) is 24.6 Å². The van der Waals surface area contributed by atoms with Gasteiger partial charge in [-0.3, -0.25) is 4.98 Å². The van der Waals surface area contributed by atoms with Crippen LogP contribution in [0.3, 0.4) is 0 Å². The lowest BCUT2D eigenvalue weighted by atomic mass is 10.1. The van der Waals surface area contributed by atoms with Crippen LogP contribution in [-0.4, -0.2) is 11.0 Å². The summed E-state index contributed by atoms with van der Waals surface area (Å²) in [6.07, 6.45) is 3.11. The van der Waals surface area contributed by atoms with E-state index in [0.29, 0.717) is 6.04 Å². The van der Waals surface area contributed by atoms with Crippen molar-refractivity contribution in [3.8, 4) is 0 Å². The van der Waals surface area contributed by atoms with Gasteiger partial charge in [0.15, 0.2) is 0 Å². The van der Waals surface area contributed by atoms with Crippen molar-refractivity contribution in [3.63, 3.8) is 0 Å². The van der Waals surface area contributed by atoms with Crippen molar-refractivity contribution >= 4 is 22.5 Å². The molecule has 0 aliphatic heterocycles. The molecule has 2 unspecified atom stereocenters. The van der Waals surface area contributed by atoms with Gasteiger partial charge in [-0.2, -0.15) is 0 Å². The van der Waals surface area contributed by atoms with Gasteiger partial charge in [0, 0.05) is 29.2 Å². The maximum absolute atomic E-state index is 6.17. The van der Waals surface area contributed by atoms with E-state index in [2.05, 4.69) is 23.3 Å². The number of aromatic nitrogens is 1. The Labute approximate surface area is 106 Å². The van der Waals surface area contributed by atoms with Crippen molar-refractivity contribution in [3.05, 3.63) is 41.0 Å². The molecule has 0 amide bonds. The lowest BCUT2D eigenvalue weighted by Crippen LogP contribution is -2.17. The van der Waals surface area contributed by atoms with Crippen LogP contribution in [0.15, 0.2) is 30.5 Å². The zero-order chi connectivity index (χ0) is 11.8. The lowest BCUT2D eigenvalue weighted by molar-refractivity contribution is 0.654. The van der Waals surface area contributed by atoms with Crippen LogP contribution in [0.4, 0.5) is 0 Å².